The Kier molecular flexibility index (Phi) is 1.47. The molecule has 1 aliphatic heterocycles. The van der Waals surface area contributed by atoms with Crippen molar-refractivity contribution in [3.63, 3.8) is 0 Å². The van der Waals surface area contributed by atoms with Crippen LogP contribution in [0.5, 0.6) is 0 Å². The van der Waals surface area contributed by atoms with Crippen LogP contribution in [-0.4, -0.2) is 21.0 Å². The molecule has 0 spiro atoms. The third kappa shape index (κ3) is 1.08. The first-order chi connectivity index (χ1) is 7.25. The lowest BCUT2D eigenvalue weighted by atomic mass is 10.3. The number of fused-ring (bicyclic) bond motifs is 3. The van der Waals surface area contributed by atoms with Crippen LogP contribution in [0.25, 0.3) is 11.0 Å². The summed E-state index contributed by atoms with van der Waals surface area (Å²) in [4.78, 5) is 14.6. The van der Waals surface area contributed by atoms with Crippen LogP contribution in [-0.2, 0) is 6.54 Å². The van der Waals surface area contributed by atoms with E-state index in [2.05, 4.69) is 10.3 Å². The molecule has 6 heteroatoms. The molecule has 0 saturated heterocycles. The normalized spacial score (nSPS) is 13.9. The van der Waals surface area contributed by atoms with E-state index in [1.54, 1.807) is 12.1 Å². The van der Waals surface area contributed by atoms with Gasteiger partial charge in [-0.3, -0.25) is 10.1 Å². The fourth-order valence-electron chi connectivity index (χ4n) is 1.87. The van der Waals surface area contributed by atoms with Gasteiger partial charge in [-0.05, 0) is 6.07 Å². The maximum absolute atomic E-state index is 10.6. The second kappa shape index (κ2) is 2.69. The molecule has 0 unspecified atom stereocenters. The Labute approximate surface area is 84.7 Å². The van der Waals surface area contributed by atoms with E-state index in [0.717, 1.165) is 30.1 Å². The number of rotatable bonds is 1. The Bertz CT molecular complexity index is 560. The molecule has 0 aliphatic carbocycles. The zero-order valence-electron chi connectivity index (χ0n) is 7.80. The highest BCUT2D eigenvalue weighted by molar-refractivity contribution is 5.81. The molecular formula is C9H8N4O2. The first-order valence-corrected chi connectivity index (χ1v) is 4.64. The fraction of sp³-hybridized carbons (Fsp3) is 0.222. The molecule has 0 atom stereocenters. The first kappa shape index (κ1) is 8.22. The smallest absolute Gasteiger partial charge is 0.271 e. The van der Waals surface area contributed by atoms with Crippen LogP contribution in [0, 0.1) is 10.1 Å². The number of benzene rings is 1. The first-order valence-electron chi connectivity index (χ1n) is 4.64. The average Bonchev–Trinajstić information content (AvgIpc) is 2.75. The summed E-state index contributed by atoms with van der Waals surface area (Å²) < 4.78 is 1.96. The SMILES string of the molecule is O=[N+]([O-])c1ccc2nc3n(c2c1)CCN3. The lowest BCUT2D eigenvalue weighted by Crippen LogP contribution is -1.95. The van der Waals surface area contributed by atoms with Gasteiger partial charge in [-0.25, -0.2) is 4.98 Å². The monoisotopic (exact) mass is 204 g/mol. The molecule has 0 amide bonds. The number of non-ortho nitro benzene ring substituents is 1. The number of aromatic nitrogens is 2. The average molecular weight is 204 g/mol. The quantitative estimate of drug-likeness (QED) is 0.562. The molecule has 1 aromatic carbocycles. The number of hydrogen-bond acceptors (Lipinski definition) is 4. The number of anilines is 1. The van der Waals surface area contributed by atoms with Crippen molar-refractivity contribution in [2.45, 2.75) is 6.54 Å². The second-order valence-corrected chi connectivity index (χ2v) is 3.44. The molecule has 0 saturated carbocycles. The number of hydrogen-bond donors (Lipinski definition) is 1. The van der Waals surface area contributed by atoms with Crippen LogP contribution in [0.15, 0.2) is 18.2 Å². The zero-order chi connectivity index (χ0) is 10.4. The van der Waals surface area contributed by atoms with Crippen LogP contribution in [0.2, 0.25) is 0 Å². The minimum atomic E-state index is -0.387. The van der Waals surface area contributed by atoms with Gasteiger partial charge in [-0.15, -0.1) is 0 Å². The predicted molar refractivity (Wildman–Crippen MR) is 54.9 cm³/mol. The number of nitrogens with one attached hydrogen (secondary N) is 1. The van der Waals surface area contributed by atoms with Gasteiger partial charge in [0.1, 0.15) is 0 Å². The third-order valence-electron chi connectivity index (χ3n) is 2.56. The fourth-order valence-corrected chi connectivity index (χ4v) is 1.87. The molecule has 15 heavy (non-hydrogen) atoms. The van der Waals surface area contributed by atoms with Crippen molar-refractivity contribution in [3.05, 3.63) is 28.3 Å². The van der Waals surface area contributed by atoms with E-state index in [0.29, 0.717) is 0 Å². The molecule has 2 aromatic rings. The summed E-state index contributed by atoms with van der Waals surface area (Å²) in [5, 5.41) is 13.7. The number of nitro benzene ring substituents is 1. The minimum Gasteiger partial charge on any atom is -0.354 e. The van der Waals surface area contributed by atoms with Crippen molar-refractivity contribution in [3.8, 4) is 0 Å². The molecule has 2 heterocycles. The molecule has 1 aromatic heterocycles. The topological polar surface area (TPSA) is 73.0 Å². The van der Waals surface area contributed by atoms with E-state index in [-0.39, 0.29) is 10.6 Å². The second-order valence-electron chi connectivity index (χ2n) is 3.44. The summed E-state index contributed by atoms with van der Waals surface area (Å²) >= 11 is 0. The summed E-state index contributed by atoms with van der Waals surface area (Å²) in [5.74, 6) is 0.797. The highest BCUT2D eigenvalue weighted by Crippen LogP contribution is 2.26. The van der Waals surface area contributed by atoms with Crippen LogP contribution in [0.3, 0.4) is 0 Å². The summed E-state index contributed by atoms with van der Waals surface area (Å²) in [6.45, 7) is 1.65. The Balaban J connectivity index is 2.29. The van der Waals surface area contributed by atoms with Gasteiger partial charge >= 0.3 is 0 Å². The highest BCUT2D eigenvalue weighted by atomic mass is 16.6. The van der Waals surface area contributed by atoms with Crippen molar-refractivity contribution >= 4 is 22.7 Å². The van der Waals surface area contributed by atoms with Gasteiger partial charge in [0.25, 0.3) is 5.69 Å². The molecule has 0 bridgehead atoms. The Morgan fingerprint density at radius 1 is 1.53 bits per heavy atom. The lowest BCUT2D eigenvalue weighted by molar-refractivity contribution is -0.384. The predicted octanol–water partition coefficient (Wildman–Crippen LogP) is 1.37. The molecule has 0 radical (unpaired) electrons. The number of nitrogens with zero attached hydrogens (tertiary/aromatic N) is 3. The Morgan fingerprint density at radius 2 is 2.40 bits per heavy atom. The summed E-state index contributed by atoms with van der Waals surface area (Å²) in [5.41, 5.74) is 1.73. The molecule has 76 valence electrons. The molecule has 0 fully saturated rings. The van der Waals surface area contributed by atoms with Gasteiger partial charge in [0.15, 0.2) is 0 Å². The van der Waals surface area contributed by atoms with E-state index in [4.69, 9.17) is 0 Å². The molecular weight excluding hydrogens is 196 g/mol. The van der Waals surface area contributed by atoms with Crippen LogP contribution in [0.1, 0.15) is 0 Å². The van der Waals surface area contributed by atoms with E-state index in [9.17, 15) is 10.1 Å². The van der Waals surface area contributed by atoms with E-state index < -0.39 is 0 Å². The standard InChI is InChI=1S/C9H8N4O2/c14-13(15)6-1-2-7-8(5-6)12-4-3-10-9(12)11-7/h1-2,5H,3-4H2,(H,10,11). The van der Waals surface area contributed by atoms with Crippen molar-refractivity contribution in [2.24, 2.45) is 0 Å². The van der Waals surface area contributed by atoms with Crippen molar-refractivity contribution in [1.29, 1.82) is 0 Å². The van der Waals surface area contributed by atoms with E-state index in [1.165, 1.54) is 6.07 Å². The van der Waals surface area contributed by atoms with Crippen molar-refractivity contribution in [2.75, 3.05) is 11.9 Å². The molecule has 1 aliphatic rings. The maximum atomic E-state index is 10.6. The van der Waals surface area contributed by atoms with Crippen LogP contribution < -0.4 is 5.32 Å². The van der Waals surface area contributed by atoms with Crippen LogP contribution in [0.4, 0.5) is 11.6 Å². The van der Waals surface area contributed by atoms with Crippen molar-refractivity contribution < 1.29 is 4.92 Å². The third-order valence-corrected chi connectivity index (χ3v) is 2.56. The molecule has 6 nitrogen and oxygen atoms in total. The number of nitro groups is 1. The van der Waals surface area contributed by atoms with Gasteiger partial charge in [-0.2, -0.15) is 0 Å². The molecule has 3 rings (SSSR count). The van der Waals surface area contributed by atoms with Gasteiger partial charge in [0.2, 0.25) is 5.95 Å². The summed E-state index contributed by atoms with van der Waals surface area (Å²) in [7, 11) is 0. The minimum absolute atomic E-state index is 0.108. The number of imidazole rings is 1. The van der Waals surface area contributed by atoms with Gasteiger partial charge < -0.3 is 9.88 Å². The highest BCUT2D eigenvalue weighted by Gasteiger charge is 2.17. The summed E-state index contributed by atoms with van der Waals surface area (Å²) in [6, 6.07) is 4.73. The Hall–Kier alpha value is -2.11. The lowest BCUT2D eigenvalue weighted by Gasteiger charge is -1.96. The van der Waals surface area contributed by atoms with Gasteiger partial charge in [-0.1, -0.05) is 0 Å². The zero-order valence-corrected chi connectivity index (χ0v) is 7.80. The van der Waals surface area contributed by atoms with Crippen LogP contribution >= 0.6 is 0 Å². The van der Waals surface area contributed by atoms with Gasteiger partial charge in [0.05, 0.1) is 16.0 Å². The van der Waals surface area contributed by atoms with E-state index in [1.807, 2.05) is 4.57 Å². The van der Waals surface area contributed by atoms with Crippen molar-refractivity contribution in [1.82, 2.24) is 9.55 Å². The largest absolute Gasteiger partial charge is 0.354 e. The Morgan fingerprint density at radius 3 is 3.20 bits per heavy atom. The molecule has 1 N–H and O–H groups in total. The maximum Gasteiger partial charge on any atom is 0.271 e. The van der Waals surface area contributed by atoms with E-state index >= 15 is 0 Å². The van der Waals surface area contributed by atoms with Gasteiger partial charge in [0, 0.05) is 25.2 Å². The summed E-state index contributed by atoms with van der Waals surface area (Å²) in [6.07, 6.45) is 0.